The number of hydrogen-bond donors (Lipinski definition) is 0. The number of ether oxygens (including phenoxy) is 2. The first-order valence-corrected chi connectivity index (χ1v) is 15.7. The normalized spacial score (nSPS) is 23.0. The smallest absolute Gasteiger partial charge is 0.337 e. The second kappa shape index (κ2) is 12.2. The topological polar surface area (TPSA) is 93.2 Å². The molecule has 8 nitrogen and oxygen atoms in total. The van der Waals surface area contributed by atoms with Crippen molar-refractivity contribution in [1.82, 2.24) is 8.61 Å². The fourth-order valence-electron chi connectivity index (χ4n) is 5.11. The van der Waals surface area contributed by atoms with Crippen LogP contribution in [0.4, 0.5) is 0 Å². The molecular weight excluding hydrogens is 575 g/mol. The zero-order valence-corrected chi connectivity index (χ0v) is 24.6. The van der Waals surface area contributed by atoms with E-state index < -0.39 is 28.3 Å². The summed E-state index contributed by atoms with van der Waals surface area (Å²) >= 11 is 12.7. The molecular formula is C29H32Cl2N2O6S. The molecule has 1 saturated heterocycles. The van der Waals surface area contributed by atoms with Gasteiger partial charge in [-0.2, -0.15) is 12.7 Å². The fraction of sp³-hybridized carbons (Fsp3) is 0.448. The number of carbonyl (C=O) groups is 2. The minimum Gasteiger partial charge on any atom is -0.463 e. The van der Waals surface area contributed by atoms with E-state index in [9.17, 15) is 18.0 Å². The Labute approximate surface area is 245 Å². The number of ketones is 1. The first kappa shape index (κ1) is 29.1. The number of hydrogen-bond acceptors (Lipinski definition) is 6. The van der Waals surface area contributed by atoms with Crippen molar-refractivity contribution in [2.45, 2.75) is 57.7 Å². The van der Waals surface area contributed by atoms with E-state index in [1.807, 2.05) is 0 Å². The summed E-state index contributed by atoms with van der Waals surface area (Å²) in [5, 5.41) is 0.667. The van der Waals surface area contributed by atoms with Gasteiger partial charge in [-0.3, -0.25) is 9.10 Å². The Morgan fingerprint density at radius 3 is 2.42 bits per heavy atom. The number of halogens is 2. The van der Waals surface area contributed by atoms with Crippen LogP contribution < -0.4 is 0 Å². The van der Waals surface area contributed by atoms with Crippen LogP contribution in [0.1, 0.15) is 66.6 Å². The molecule has 214 valence electrons. The van der Waals surface area contributed by atoms with Gasteiger partial charge in [0, 0.05) is 35.0 Å². The highest BCUT2D eigenvalue weighted by Gasteiger charge is 2.46. The monoisotopic (exact) mass is 606 g/mol. The summed E-state index contributed by atoms with van der Waals surface area (Å²) in [6.45, 7) is 2.63. The van der Waals surface area contributed by atoms with Crippen LogP contribution in [-0.4, -0.2) is 54.6 Å². The van der Waals surface area contributed by atoms with Gasteiger partial charge >= 0.3 is 16.2 Å². The van der Waals surface area contributed by atoms with E-state index in [0.717, 1.165) is 25.7 Å². The predicted molar refractivity (Wildman–Crippen MR) is 152 cm³/mol. The highest BCUT2D eigenvalue weighted by atomic mass is 35.5. The summed E-state index contributed by atoms with van der Waals surface area (Å²) in [6.07, 6.45) is 5.33. The third kappa shape index (κ3) is 6.24. The zero-order valence-electron chi connectivity index (χ0n) is 22.2. The summed E-state index contributed by atoms with van der Waals surface area (Å²) in [6, 6.07) is 10.7. The Hall–Kier alpha value is -2.43. The summed E-state index contributed by atoms with van der Waals surface area (Å²) in [7, 11) is -4.06. The van der Waals surface area contributed by atoms with E-state index >= 15 is 0 Å². The van der Waals surface area contributed by atoms with Crippen molar-refractivity contribution in [2.24, 2.45) is 5.92 Å². The molecule has 3 aliphatic rings. The second-order valence-electron chi connectivity index (χ2n) is 10.4. The molecule has 2 fully saturated rings. The fourth-order valence-corrected chi connectivity index (χ4v) is 7.34. The molecule has 0 spiro atoms. The van der Waals surface area contributed by atoms with Gasteiger partial charge in [0.15, 0.2) is 5.78 Å². The third-order valence-corrected chi connectivity index (χ3v) is 9.75. The van der Waals surface area contributed by atoms with E-state index in [1.54, 1.807) is 43.3 Å². The first-order valence-electron chi connectivity index (χ1n) is 13.6. The van der Waals surface area contributed by atoms with Crippen molar-refractivity contribution in [3.63, 3.8) is 0 Å². The Kier molecular flexibility index (Phi) is 8.87. The number of nitrogens with zero attached hydrogens (tertiary/aromatic N) is 2. The average Bonchev–Trinajstić information content (AvgIpc) is 3.76. The maximum atomic E-state index is 14.1. The van der Waals surface area contributed by atoms with Crippen LogP contribution in [0, 0.1) is 5.92 Å². The second-order valence-corrected chi connectivity index (χ2v) is 13.0. The van der Waals surface area contributed by atoms with Gasteiger partial charge in [-0.05, 0) is 68.2 Å². The molecule has 2 aromatic rings. The van der Waals surface area contributed by atoms with Gasteiger partial charge in [0.05, 0.1) is 24.8 Å². The van der Waals surface area contributed by atoms with Gasteiger partial charge in [0.25, 0.3) is 0 Å². The van der Waals surface area contributed by atoms with E-state index in [-0.39, 0.29) is 42.0 Å². The maximum absolute atomic E-state index is 14.1. The largest absolute Gasteiger partial charge is 0.463 e. The maximum Gasteiger partial charge on any atom is 0.337 e. The van der Waals surface area contributed by atoms with Crippen LogP contribution in [-0.2, 0) is 31.0 Å². The average molecular weight is 608 g/mol. The molecule has 5 rings (SSSR count). The molecule has 0 radical (unpaired) electrons. The molecule has 40 heavy (non-hydrogen) atoms. The number of benzene rings is 2. The van der Waals surface area contributed by atoms with Gasteiger partial charge in [0.1, 0.15) is 6.10 Å². The first-order chi connectivity index (χ1) is 19.2. The molecule has 0 N–H and O–H groups in total. The Morgan fingerprint density at radius 1 is 1.05 bits per heavy atom. The Morgan fingerprint density at radius 2 is 1.80 bits per heavy atom. The molecule has 2 aliphatic heterocycles. The van der Waals surface area contributed by atoms with Crippen LogP contribution in [0.25, 0.3) is 0 Å². The van der Waals surface area contributed by atoms with Crippen molar-refractivity contribution in [3.05, 3.63) is 81.0 Å². The third-order valence-electron chi connectivity index (χ3n) is 7.41. The van der Waals surface area contributed by atoms with E-state index in [1.165, 1.54) is 20.9 Å². The van der Waals surface area contributed by atoms with E-state index in [4.69, 9.17) is 32.7 Å². The Balaban J connectivity index is 1.49. The highest BCUT2D eigenvalue weighted by molar-refractivity contribution is 7.86. The quantitative estimate of drug-likeness (QED) is 0.268. The van der Waals surface area contributed by atoms with Crippen molar-refractivity contribution in [3.8, 4) is 0 Å². The molecule has 2 aromatic carbocycles. The molecule has 0 aromatic heterocycles. The molecule has 0 amide bonds. The lowest BCUT2D eigenvalue weighted by Crippen LogP contribution is -2.49. The molecule has 1 saturated carbocycles. The standard InChI is InChI=1S/C29H32Cl2N2O6S/c1-2-38-29(35)24-18-32(16-19-8-10-21(11-9-19)28(34)26-5-3-4-14-39-26)40(36,37)33(17-20-6-7-20)27(24)23-13-12-22(30)15-25(23)31/h8-13,15,18,20,26-27H,2-7,14,16-17H2,1H3. The SMILES string of the molecule is CCOC(=O)C1=CN(Cc2ccc(C(=O)C3CCCCO3)cc2)S(=O)(=O)N(CC2CC2)C1c1ccc(Cl)cc1Cl. The predicted octanol–water partition coefficient (Wildman–Crippen LogP) is 5.71. The zero-order chi connectivity index (χ0) is 28.4. The van der Waals surface area contributed by atoms with E-state index in [0.29, 0.717) is 34.7 Å². The molecule has 2 unspecified atom stereocenters. The van der Waals surface area contributed by atoms with Crippen molar-refractivity contribution in [1.29, 1.82) is 0 Å². The van der Waals surface area contributed by atoms with Crippen LogP contribution >= 0.6 is 23.2 Å². The summed E-state index contributed by atoms with van der Waals surface area (Å²) in [5.74, 6) is -0.494. The molecule has 2 atom stereocenters. The van der Waals surface area contributed by atoms with Crippen LogP contribution in [0.15, 0.2) is 54.2 Å². The Bertz CT molecular complexity index is 1400. The summed E-state index contributed by atoms with van der Waals surface area (Å²) in [4.78, 5) is 26.1. The molecule has 0 bridgehead atoms. The van der Waals surface area contributed by atoms with Crippen molar-refractivity contribution < 1.29 is 27.5 Å². The molecule has 2 heterocycles. The van der Waals surface area contributed by atoms with Crippen molar-refractivity contribution >= 4 is 45.2 Å². The van der Waals surface area contributed by atoms with Gasteiger partial charge < -0.3 is 9.47 Å². The van der Waals surface area contributed by atoms with Gasteiger partial charge in [-0.15, -0.1) is 0 Å². The minimum atomic E-state index is -4.06. The molecule has 1 aliphatic carbocycles. The van der Waals surface area contributed by atoms with Gasteiger partial charge in [-0.1, -0.05) is 53.5 Å². The van der Waals surface area contributed by atoms with Crippen LogP contribution in [0.3, 0.4) is 0 Å². The van der Waals surface area contributed by atoms with E-state index in [2.05, 4.69) is 0 Å². The summed E-state index contributed by atoms with van der Waals surface area (Å²) in [5.41, 5.74) is 1.82. The lowest BCUT2D eigenvalue weighted by atomic mass is 9.98. The summed E-state index contributed by atoms with van der Waals surface area (Å²) < 4.78 is 41.6. The van der Waals surface area contributed by atoms with Gasteiger partial charge in [-0.25, -0.2) is 4.79 Å². The number of Topliss-reactive ketones (excluding diaryl/α,β-unsaturated/α-hetero) is 1. The highest BCUT2D eigenvalue weighted by Crippen LogP contribution is 2.44. The minimum absolute atomic E-state index is 0.0259. The number of esters is 1. The lowest BCUT2D eigenvalue weighted by molar-refractivity contribution is -0.139. The number of carbonyl (C=O) groups excluding carboxylic acids is 2. The lowest BCUT2D eigenvalue weighted by Gasteiger charge is -2.40. The molecule has 11 heteroatoms. The van der Waals surface area contributed by atoms with Crippen molar-refractivity contribution in [2.75, 3.05) is 19.8 Å². The van der Waals surface area contributed by atoms with Gasteiger partial charge in [0.2, 0.25) is 0 Å². The number of rotatable bonds is 9. The van der Waals surface area contributed by atoms with Crippen LogP contribution in [0.2, 0.25) is 10.0 Å². The van der Waals surface area contributed by atoms with Crippen LogP contribution in [0.5, 0.6) is 0 Å².